The summed E-state index contributed by atoms with van der Waals surface area (Å²) in [7, 11) is 0. The van der Waals surface area contributed by atoms with Crippen LogP contribution in [-0.4, -0.2) is 5.75 Å². The molecule has 1 aromatic carbocycles. The molecule has 0 bridgehead atoms. The van der Waals surface area contributed by atoms with Gasteiger partial charge >= 0.3 is 0 Å². The van der Waals surface area contributed by atoms with Crippen molar-refractivity contribution in [2.45, 2.75) is 19.8 Å². The van der Waals surface area contributed by atoms with Gasteiger partial charge in [-0.1, -0.05) is 19.1 Å². The average molecular weight is 181 g/mol. The van der Waals surface area contributed by atoms with Gasteiger partial charge in [0.25, 0.3) is 0 Å². The van der Waals surface area contributed by atoms with Crippen LogP contribution in [0.15, 0.2) is 18.2 Å². The summed E-state index contributed by atoms with van der Waals surface area (Å²) in [5, 5.41) is 0. The lowest BCUT2D eigenvalue weighted by atomic mass is 10.0. The molecule has 1 rings (SSSR count). The third-order valence-electron chi connectivity index (χ3n) is 2.15. The molecule has 1 aromatic rings. The van der Waals surface area contributed by atoms with Crippen LogP contribution in [0.2, 0.25) is 0 Å². The molecule has 0 aliphatic rings. The minimum absolute atomic E-state index is 0.483. The van der Waals surface area contributed by atoms with Crippen molar-refractivity contribution in [1.29, 1.82) is 0 Å². The number of rotatable bonds is 2. The number of benzene rings is 1. The molecule has 0 spiro atoms. The molecule has 0 fully saturated rings. The predicted octanol–water partition coefficient (Wildman–Crippen LogP) is 2.61. The Balaban J connectivity index is 2.96. The van der Waals surface area contributed by atoms with Crippen LogP contribution < -0.4 is 5.73 Å². The molecule has 0 saturated heterocycles. The van der Waals surface area contributed by atoms with E-state index in [-0.39, 0.29) is 0 Å². The number of hydrogen-bond acceptors (Lipinski definition) is 2. The molecular formula is C10H15NS. The van der Waals surface area contributed by atoms with Crippen LogP contribution in [0, 0.1) is 6.92 Å². The van der Waals surface area contributed by atoms with Gasteiger partial charge in [0.1, 0.15) is 0 Å². The molecule has 66 valence electrons. The van der Waals surface area contributed by atoms with Crippen molar-refractivity contribution in [1.82, 2.24) is 0 Å². The van der Waals surface area contributed by atoms with E-state index in [9.17, 15) is 0 Å². The standard InChI is InChI=1S/C10H15NS/c1-7-3-4-9(5-10(7)11)8(2)6-12/h3-5,8,12H,6,11H2,1-2H3. The first-order valence-corrected chi connectivity index (χ1v) is 4.75. The minimum Gasteiger partial charge on any atom is -0.399 e. The zero-order chi connectivity index (χ0) is 9.14. The number of hydrogen-bond donors (Lipinski definition) is 2. The topological polar surface area (TPSA) is 26.0 Å². The van der Waals surface area contributed by atoms with Crippen molar-refractivity contribution in [2.75, 3.05) is 11.5 Å². The van der Waals surface area contributed by atoms with Crippen LogP contribution in [-0.2, 0) is 0 Å². The number of thiol groups is 1. The summed E-state index contributed by atoms with van der Waals surface area (Å²) in [5.74, 6) is 1.35. The maximum Gasteiger partial charge on any atom is 0.0346 e. The van der Waals surface area contributed by atoms with Gasteiger partial charge in [0.05, 0.1) is 0 Å². The van der Waals surface area contributed by atoms with Gasteiger partial charge in [0.2, 0.25) is 0 Å². The van der Waals surface area contributed by atoms with Gasteiger partial charge in [0, 0.05) is 5.69 Å². The van der Waals surface area contributed by atoms with E-state index in [0.29, 0.717) is 5.92 Å². The molecule has 1 atom stereocenters. The quantitative estimate of drug-likeness (QED) is 0.532. The highest BCUT2D eigenvalue weighted by molar-refractivity contribution is 7.80. The Morgan fingerprint density at radius 2 is 2.17 bits per heavy atom. The Bertz CT molecular complexity index is 271. The van der Waals surface area contributed by atoms with E-state index in [1.54, 1.807) is 0 Å². The van der Waals surface area contributed by atoms with Crippen molar-refractivity contribution in [3.05, 3.63) is 29.3 Å². The first-order chi connectivity index (χ1) is 5.65. The summed E-state index contributed by atoms with van der Waals surface area (Å²) in [4.78, 5) is 0. The fourth-order valence-corrected chi connectivity index (χ4v) is 1.28. The number of nitrogens with two attached hydrogens (primary N) is 1. The van der Waals surface area contributed by atoms with Gasteiger partial charge in [-0.2, -0.15) is 12.6 Å². The Morgan fingerprint density at radius 3 is 2.67 bits per heavy atom. The summed E-state index contributed by atoms with van der Waals surface area (Å²) in [6, 6.07) is 6.22. The van der Waals surface area contributed by atoms with Crippen LogP contribution in [0.25, 0.3) is 0 Å². The summed E-state index contributed by atoms with van der Waals surface area (Å²) in [5.41, 5.74) is 9.08. The van der Waals surface area contributed by atoms with Crippen molar-refractivity contribution in [3.8, 4) is 0 Å². The molecule has 2 heteroatoms. The smallest absolute Gasteiger partial charge is 0.0346 e. The minimum atomic E-state index is 0.483. The van der Waals surface area contributed by atoms with E-state index >= 15 is 0 Å². The van der Waals surface area contributed by atoms with E-state index in [1.807, 2.05) is 13.0 Å². The Kier molecular flexibility index (Phi) is 3.04. The molecule has 0 radical (unpaired) electrons. The molecule has 1 unspecified atom stereocenters. The Hall–Kier alpha value is -0.630. The third kappa shape index (κ3) is 1.95. The molecular weight excluding hydrogens is 166 g/mol. The molecule has 0 aromatic heterocycles. The van der Waals surface area contributed by atoms with E-state index in [1.165, 1.54) is 5.56 Å². The van der Waals surface area contributed by atoms with E-state index in [0.717, 1.165) is 17.0 Å². The van der Waals surface area contributed by atoms with Gasteiger partial charge in [-0.3, -0.25) is 0 Å². The fraction of sp³-hybridized carbons (Fsp3) is 0.400. The summed E-state index contributed by atoms with van der Waals surface area (Å²) in [6.45, 7) is 4.17. The predicted molar refractivity (Wildman–Crippen MR) is 57.9 cm³/mol. The Morgan fingerprint density at radius 1 is 1.50 bits per heavy atom. The first-order valence-electron chi connectivity index (χ1n) is 4.12. The van der Waals surface area contributed by atoms with Crippen LogP contribution in [0.4, 0.5) is 5.69 Å². The lowest BCUT2D eigenvalue weighted by Gasteiger charge is -2.10. The maximum absolute atomic E-state index is 5.79. The second-order valence-electron chi connectivity index (χ2n) is 3.20. The molecule has 1 nitrogen and oxygen atoms in total. The Labute approximate surface area is 79.4 Å². The number of anilines is 1. The molecule has 12 heavy (non-hydrogen) atoms. The molecule has 0 saturated carbocycles. The number of nitrogen functional groups attached to an aromatic ring is 1. The van der Waals surface area contributed by atoms with Gasteiger partial charge in [-0.25, -0.2) is 0 Å². The summed E-state index contributed by atoms with van der Waals surface area (Å²) >= 11 is 4.25. The first kappa shape index (κ1) is 9.46. The summed E-state index contributed by atoms with van der Waals surface area (Å²) < 4.78 is 0. The van der Waals surface area contributed by atoms with Crippen molar-refractivity contribution in [3.63, 3.8) is 0 Å². The zero-order valence-corrected chi connectivity index (χ0v) is 8.44. The average Bonchev–Trinajstić information content (AvgIpc) is 2.08. The number of aryl methyl sites for hydroxylation is 1. The molecule has 0 aliphatic heterocycles. The molecule has 0 aliphatic carbocycles. The zero-order valence-electron chi connectivity index (χ0n) is 7.54. The van der Waals surface area contributed by atoms with Gasteiger partial charge in [-0.15, -0.1) is 0 Å². The highest BCUT2D eigenvalue weighted by atomic mass is 32.1. The second kappa shape index (κ2) is 3.85. The van der Waals surface area contributed by atoms with E-state index < -0.39 is 0 Å². The van der Waals surface area contributed by atoms with Gasteiger partial charge in [0.15, 0.2) is 0 Å². The van der Waals surface area contributed by atoms with Crippen LogP contribution in [0.5, 0.6) is 0 Å². The second-order valence-corrected chi connectivity index (χ2v) is 3.56. The van der Waals surface area contributed by atoms with Gasteiger partial charge in [-0.05, 0) is 35.8 Å². The molecule has 0 amide bonds. The molecule has 0 heterocycles. The van der Waals surface area contributed by atoms with Crippen LogP contribution >= 0.6 is 12.6 Å². The van der Waals surface area contributed by atoms with Gasteiger partial charge < -0.3 is 5.73 Å². The monoisotopic (exact) mass is 181 g/mol. The third-order valence-corrected chi connectivity index (χ3v) is 2.69. The largest absolute Gasteiger partial charge is 0.399 e. The lowest BCUT2D eigenvalue weighted by molar-refractivity contribution is 0.884. The highest BCUT2D eigenvalue weighted by Crippen LogP contribution is 2.20. The van der Waals surface area contributed by atoms with E-state index in [2.05, 4.69) is 31.7 Å². The molecule has 2 N–H and O–H groups in total. The van der Waals surface area contributed by atoms with Crippen molar-refractivity contribution < 1.29 is 0 Å². The normalized spacial score (nSPS) is 12.9. The van der Waals surface area contributed by atoms with Crippen LogP contribution in [0.1, 0.15) is 24.0 Å². The fourth-order valence-electron chi connectivity index (χ4n) is 1.07. The van der Waals surface area contributed by atoms with Crippen molar-refractivity contribution >= 4 is 18.3 Å². The maximum atomic E-state index is 5.79. The lowest BCUT2D eigenvalue weighted by Crippen LogP contribution is -1.97. The van der Waals surface area contributed by atoms with Crippen LogP contribution in [0.3, 0.4) is 0 Å². The SMILES string of the molecule is Cc1ccc(C(C)CS)cc1N. The summed E-state index contributed by atoms with van der Waals surface area (Å²) in [6.07, 6.45) is 0. The highest BCUT2D eigenvalue weighted by Gasteiger charge is 2.03. The van der Waals surface area contributed by atoms with Crippen molar-refractivity contribution in [2.24, 2.45) is 0 Å². The van der Waals surface area contributed by atoms with E-state index in [4.69, 9.17) is 5.73 Å².